The van der Waals surface area contributed by atoms with Gasteiger partial charge in [-0.15, -0.1) is 4.91 Å². The fraction of sp³-hybridized carbons (Fsp3) is 0.600. The maximum Gasteiger partial charge on any atom is 0.115 e. The van der Waals surface area contributed by atoms with Gasteiger partial charge >= 0.3 is 0 Å². The molecule has 5 nitrogen and oxygen atoms in total. The zero-order valence-electron chi connectivity index (χ0n) is 12.7. The van der Waals surface area contributed by atoms with Gasteiger partial charge in [0.2, 0.25) is 0 Å². The Kier molecular flexibility index (Phi) is 5.61. The van der Waals surface area contributed by atoms with Crippen molar-refractivity contribution in [3.8, 4) is 5.75 Å². The van der Waals surface area contributed by atoms with Crippen molar-refractivity contribution >= 4 is 11.9 Å². The SMILES string of the molecule is CC(C)(CN1CCN(Cc2ccc(O)cc2)CC1)SN=O. The molecule has 0 saturated carbocycles. The van der Waals surface area contributed by atoms with Crippen LogP contribution in [0.2, 0.25) is 0 Å². The molecule has 0 aromatic heterocycles. The van der Waals surface area contributed by atoms with E-state index in [0.29, 0.717) is 5.75 Å². The lowest BCUT2D eigenvalue weighted by Crippen LogP contribution is -2.49. The molecule has 1 saturated heterocycles. The van der Waals surface area contributed by atoms with Gasteiger partial charge in [-0.3, -0.25) is 9.80 Å². The number of hydrogen-bond acceptors (Lipinski definition) is 6. The molecule has 0 unspecified atom stereocenters. The predicted octanol–water partition coefficient (Wildman–Crippen LogP) is 2.70. The van der Waals surface area contributed by atoms with Crippen molar-refractivity contribution in [1.29, 1.82) is 0 Å². The summed E-state index contributed by atoms with van der Waals surface area (Å²) in [5.41, 5.74) is 1.22. The minimum Gasteiger partial charge on any atom is -0.508 e. The normalized spacial score (nSPS) is 17.8. The van der Waals surface area contributed by atoms with Crippen molar-refractivity contribution in [2.24, 2.45) is 4.58 Å². The van der Waals surface area contributed by atoms with Crippen molar-refractivity contribution in [3.63, 3.8) is 0 Å². The Balaban J connectivity index is 1.78. The number of rotatable bonds is 6. The predicted molar refractivity (Wildman–Crippen MR) is 87.3 cm³/mol. The fourth-order valence-electron chi connectivity index (χ4n) is 2.63. The molecule has 6 heteroatoms. The van der Waals surface area contributed by atoms with Crippen LogP contribution in [0.15, 0.2) is 28.8 Å². The van der Waals surface area contributed by atoms with Crippen LogP contribution in [0, 0.1) is 4.91 Å². The lowest BCUT2D eigenvalue weighted by molar-refractivity contribution is 0.121. The van der Waals surface area contributed by atoms with Crippen LogP contribution in [0.25, 0.3) is 0 Å². The largest absolute Gasteiger partial charge is 0.508 e. The Labute approximate surface area is 130 Å². The lowest BCUT2D eigenvalue weighted by Gasteiger charge is -2.37. The number of nitrogens with zero attached hydrogens (tertiary/aromatic N) is 3. The zero-order valence-corrected chi connectivity index (χ0v) is 13.5. The van der Waals surface area contributed by atoms with E-state index >= 15 is 0 Å². The lowest BCUT2D eigenvalue weighted by atomic mass is 10.1. The van der Waals surface area contributed by atoms with Crippen LogP contribution in [0.1, 0.15) is 19.4 Å². The molecule has 0 bridgehead atoms. The molecule has 2 rings (SSSR count). The molecule has 1 aromatic carbocycles. The maximum atomic E-state index is 10.4. The topological polar surface area (TPSA) is 56.1 Å². The van der Waals surface area contributed by atoms with E-state index < -0.39 is 0 Å². The third kappa shape index (κ3) is 5.30. The average Bonchev–Trinajstić information content (AvgIpc) is 2.43. The third-order valence-electron chi connectivity index (χ3n) is 3.70. The molecule has 1 N–H and O–H groups in total. The van der Waals surface area contributed by atoms with Crippen LogP contribution in [-0.4, -0.2) is 52.4 Å². The second kappa shape index (κ2) is 7.24. The van der Waals surface area contributed by atoms with Crippen LogP contribution in [-0.2, 0) is 6.54 Å². The van der Waals surface area contributed by atoms with E-state index in [2.05, 4.69) is 28.2 Å². The first kappa shape index (κ1) is 16.3. The van der Waals surface area contributed by atoms with Gasteiger partial charge in [-0.1, -0.05) is 12.1 Å². The number of piperazine rings is 1. The molecule has 0 amide bonds. The van der Waals surface area contributed by atoms with Gasteiger partial charge in [-0.2, -0.15) is 0 Å². The number of nitroso groups, excluding NO2 is 1. The highest BCUT2D eigenvalue weighted by Crippen LogP contribution is 2.26. The molecule has 1 aliphatic rings. The summed E-state index contributed by atoms with van der Waals surface area (Å²) in [5.74, 6) is 0.312. The minimum atomic E-state index is -0.124. The summed E-state index contributed by atoms with van der Waals surface area (Å²) in [6, 6.07) is 7.41. The summed E-state index contributed by atoms with van der Waals surface area (Å²) in [5, 5.41) is 9.30. The van der Waals surface area contributed by atoms with Gasteiger partial charge in [-0.05, 0) is 31.5 Å². The van der Waals surface area contributed by atoms with E-state index in [1.54, 1.807) is 12.1 Å². The number of hydrogen-bond donors (Lipinski definition) is 1. The van der Waals surface area contributed by atoms with Crippen LogP contribution in [0.4, 0.5) is 0 Å². The van der Waals surface area contributed by atoms with Gasteiger partial charge in [0.25, 0.3) is 0 Å². The first-order valence-corrected chi connectivity index (χ1v) is 7.99. The molecule has 21 heavy (non-hydrogen) atoms. The van der Waals surface area contributed by atoms with Gasteiger partial charge in [-0.25, -0.2) is 0 Å². The number of phenols is 1. The van der Waals surface area contributed by atoms with Gasteiger partial charge in [0.15, 0.2) is 0 Å². The summed E-state index contributed by atoms with van der Waals surface area (Å²) in [6.45, 7) is 10.00. The van der Waals surface area contributed by atoms with E-state index in [1.807, 2.05) is 12.1 Å². The Morgan fingerprint density at radius 2 is 1.71 bits per heavy atom. The van der Waals surface area contributed by atoms with E-state index in [1.165, 1.54) is 5.56 Å². The van der Waals surface area contributed by atoms with Crippen molar-refractivity contribution < 1.29 is 5.11 Å². The molecule has 0 atom stereocenters. The van der Waals surface area contributed by atoms with Crippen LogP contribution < -0.4 is 0 Å². The molecular weight excluding hydrogens is 286 g/mol. The molecule has 0 radical (unpaired) electrons. The summed E-state index contributed by atoms with van der Waals surface area (Å²) < 4.78 is 2.84. The number of aromatic hydroxyl groups is 1. The standard InChI is InChI=1S/C15H23N3O2S/c1-15(2,21-16-20)12-18-9-7-17(8-10-18)11-13-3-5-14(19)6-4-13/h3-6,19H,7-12H2,1-2H3. The van der Waals surface area contributed by atoms with Crippen LogP contribution in [0.5, 0.6) is 5.75 Å². The Morgan fingerprint density at radius 1 is 1.14 bits per heavy atom. The molecule has 0 aliphatic carbocycles. The summed E-state index contributed by atoms with van der Waals surface area (Å²) in [6.07, 6.45) is 0. The molecule has 1 aromatic rings. The van der Waals surface area contributed by atoms with Gasteiger partial charge in [0, 0.05) is 60.5 Å². The molecule has 1 aliphatic heterocycles. The van der Waals surface area contributed by atoms with Crippen molar-refractivity contribution in [2.75, 3.05) is 32.7 Å². The quantitative estimate of drug-likeness (QED) is 0.647. The zero-order chi connectivity index (χ0) is 15.3. The van der Waals surface area contributed by atoms with E-state index in [9.17, 15) is 10.0 Å². The van der Waals surface area contributed by atoms with E-state index in [4.69, 9.17) is 0 Å². The minimum absolute atomic E-state index is 0.124. The second-order valence-corrected chi connectivity index (χ2v) is 7.58. The molecule has 1 heterocycles. The van der Waals surface area contributed by atoms with Crippen LogP contribution in [0.3, 0.4) is 0 Å². The first-order chi connectivity index (χ1) is 9.98. The Hall–Kier alpha value is -1.11. The number of benzene rings is 1. The average molecular weight is 309 g/mol. The smallest absolute Gasteiger partial charge is 0.115 e. The first-order valence-electron chi connectivity index (χ1n) is 7.22. The summed E-state index contributed by atoms with van der Waals surface area (Å²) in [4.78, 5) is 15.2. The molecular formula is C15H23N3O2S. The Bertz CT molecular complexity index is 456. The highest BCUT2D eigenvalue weighted by Gasteiger charge is 2.26. The van der Waals surface area contributed by atoms with Crippen molar-refractivity contribution in [1.82, 2.24) is 9.80 Å². The van der Waals surface area contributed by atoms with Crippen molar-refractivity contribution in [3.05, 3.63) is 34.7 Å². The highest BCUT2D eigenvalue weighted by molar-refractivity contribution is 7.99. The summed E-state index contributed by atoms with van der Waals surface area (Å²) in [7, 11) is 0. The third-order valence-corrected chi connectivity index (χ3v) is 4.39. The van der Waals surface area contributed by atoms with Crippen molar-refractivity contribution in [2.45, 2.75) is 25.1 Å². The van der Waals surface area contributed by atoms with Gasteiger partial charge in [0.05, 0.1) is 0 Å². The second-order valence-electron chi connectivity index (χ2n) is 6.14. The van der Waals surface area contributed by atoms with Gasteiger partial charge < -0.3 is 5.11 Å². The maximum absolute atomic E-state index is 10.4. The molecule has 1 fully saturated rings. The highest BCUT2D eigenvalue weighted by atomic mass is 32.2. The van der Waals surface area contributed by atoms with Crippen LogP contribution >= 0.6 is 11.9 Å². The van der Waals surface area contributed by atoms with E-state index in [0.717, 1.165) is 51.2 Å². The fourth-order valence-corrected chi connectivity index (χ4v) is 3.08. The monoisotopic (exact) mass is 309 g/mol. The Morgan fingerprint density at radius 3 is 2.29 bits per heavy atom. The number of phenolic OH excluding ortho intramolecular Hbond substituents is 1. The van der Waals surface area contributed by atoms with Gasteiger partial charge in [0.1, 0.15) is 5.75 Å². The molecule has 116 valence electrons. The summed E-state index contributed by atoms with van der Waals surface area (Å²) >= 11 is 1.12. The molecule has 0 spiro atoms. The van der Waals surface area contributed by atoms with E-state index in [-0.39, 0.29) is 4.75 Å².